The van der Waals surface area contributed by atoms with Gasteiger partial charge in [0.2, 0.25) is 5.13 Å². The van der Waals surface area contributed by atoms with Crippen LogP contribution in [0.15, 0.2) is 22.8 Å². The van der Waals surface area contributed by atoms with E-state index in [2.05, 4.69) is 34.3 Å². The van der Waals surface area contributed by atoms with Crippen LogP contribution < -0.4 is 5.32 Å². The topological polar surface area (TPSA) is 54.2 Å². The normalized spacial score (nSPS) is 11.1. The number of hydrogen-bond donors (Lipinski definition) is 1. The lowest BCUT2D eigenvalue weighted by Crippen LogP contribution is -2.21. The molecule has 5 nitrogen and oxygen atoms in total. The second-order valence-corrected chi connectivity index (χ2v) is 4.98. The molecule has 0 aromatic carbocycles. The predicted molar refractivity (Wildman–Crippen MR) is 72.6 cm³/mol. The molecule has 6 heteroatoms. The number of furan rings is 1. The van der Waals surface area contributed by atoms with Gasteiger partial charge in [-0.1, -0.05) is 18.3 Å². The molecule has 0 aliphatic rings. The lowest BCUT2D eigenvalue weighted by molar-refractivity contribution is 0.247. The Morgan fingerprint density at radius 1 is 1.33 bits per heavy atom. The standard InChI is InChI=1S/C12H18N4OS/c1-3-13-12-15-14-11(18-12)9-16(4-2)8-10-6-5-7-17-10/h5-7H,3-4,8-9H2,1-2H3,(H,13,15). The number of nitrogens with one attached hydrogen (secondary N) is 1. The van der Waals surface area contributed by atoms with Crippen molar-refractivity contribution < 1.29 is 4.42 Å². The first kappa shape index (κ1) is 13.0. The van der Waals surface area contributed by atoms with Gasteiger partial charge in [-0.15, -0.1) is 10.2 Å². The summed E-state index contributed by atoms with van der Waals surface area (Å²) in [6.07, 6.45) is 1.71. The van der Waals surface area contributed by atoms with Crippen LogP contribution in [0.25, 0.3) is 0 Å². The van der Waals surface area contributed by atoms with Crippen molar-refractivity contribution in [3.05, 3.63) is 29.2 Å². The molecule has 0 saturated heterocycles. The molecule has 2 rings (SSSR count). The largest absolute Gasteiger partial charge is 0.468 e. The maximum absolute atomic E-state index is 5.36. The zero-order valence-corrected chi connectivity index (χ0v) is 11.5. The minimum absolute atomic E-state index is 0.805. The monoisotopic (exact) mass is 266 g/mol. The Hall–Kier alpha value is -1.40. The van der Waals surface area contributed by atoms with Gasteiger partial charge >= 0.3 is 0 Å². The molecule has 0 unspecified atom stereocenters. The Morgan fingerprint density at radius 2 is 2.22 bits per heavy atom. The molecule has 2 heterocycles. The van der Waals surface area contributed by atoms with E-state index in [-0.39, 0.29) is 0 Å². The zero-order chi connectivity index (χ0) is 12.8. The maximum atomic E-state index is 5.36. The zero-order valence-electron chi connectivity index (χ0n) is 10.7. The van der Waals surface area contributed by atoms with Crippen molar-refractivity contribution in [3.8, 4) is 0 Å². The highest BCUT2D eigenvalue weighted by Crippen LogP contribution is 2.17. The first-order valence-electron chi connectivity index (χ1n) is 6.12. The Labute approximate surface area is 111 Å². The molecule has 0 aliphatic carbocycles. The third-order valence-electron chi connectivity index (χ3n) is 2.56. The molecule has 0 fully saturated rings. The van der Waals surface area contributed by atoms with Crippen LogP contribution in [0.2, 0.25) is 0 Å². The van der Waals surface area contributed by atoms with Gasteiger partial charge in [-0.05, 0) is 25.6 Å². The minimum Gasteiger partial charge on any atom is -0.468 e. The highest BCUT2D eigenvalue weighted by molar-refractivity contribution is 7.15. The van der Waals surface area contributed by atoms with Crippen molar-refractivity contribution in [1.82, 2.24) is 15.1 Å². The van der Waals surface area contributed by atoms with Crippen LogP contribution in [-0.4, -0.2) is 28.2 Å². The first-order valence-corrected chi connectivity index (χ1v) is 6.94. The Kier molecular flexibility index (Phi) is 4.72. The van der Waals surface area contributed by atoms with Crippen molar-refractivity contribution >= 4 is 16.5 Å². The summed E-state index contributed by atoms with van der Waals surface area (Å²) in [6, 6.07) is 3.91. The number of aromatic nitrogens is 2. The first-order chi connectivity index (χ1) is 8.81. The van der Waals surface area contributed by atoms with Crippen LogP contribution in [-0.2, 0) is 13.1 Å². The van der Waals surface area contributed by atoms with Crippen molar-refractivity contribution in [3.63, 3.8) is 0 Å². The summed E-state index contributed by atoms with van der Waals surface area (Å²) >= 11 is 1.61. The molecular formula is C12H18N4OS. The number of hydrogen-bond acceptors (Lipinski definition) is 6. The van der Waals surface area contributed by atoms with Crippen LogP contribution in [0.1, 0.15) is 24.6 Å². The van der Waals surface area contributed by atoms with E-state index in [0.29, 0.717) is 0 Å². The average molecular weight is 266 g/mol. The second-order valence-electron chi connectivity index (χ2n) is 3.91. The molecule has 0 bridgehead atoms. The lowest BCUT2D eigenvalue weighted by atomic mass is 10.4. The van der Waals surface area contributed by atoms with Gasteiger partial charge in [-0.25, -0.2) is 0 Å². The molecule has 0 amide bonds. The van der Waals surface area contributed by atoms with Gasteiger partial charge in [0, 0.05) is 6.54 Å². The smallest absolute Gasteiger partial charge is 0.205 e. The van der Waals surface area contributed by atoms with Crippen LogP contribution in [0.5, 0.6) is 0 Å². The summed E-state index contributed by atoms with van der Waals surface area (Å²) in [7, 11) is 0. The molecule has 0 spiro atoms. The minimum atomic E-state index is 0.805. The molecular weight excluding hydrogens is 248 g/mol. The molecule has 2 aromatic rings. The van der Waals surface area contributed by atoms with Crippen LogP contribution in [0, 0.1) is 0 Å². The van der Waals surface area contributed by atoms with E-state index in [9.17, 15) is 0 Å². The van der Waals surface area contributed by atoms with Gasteiger partial charge in [0.15, 0.2) is 0 Å². The molecule has 18 heavy (non-hydrogen) atoms. The van der Waals surface area contributed by atoms with E-state index in [1.54, 1.807) is 17.6 Å². The SMILES string of the molecule is CCNc1nnc(CN(CC)Cc2ccco2)s1. The van der Waals surface area contributed by atoms with Crippen molar-refractivity contribution in [2.24, 2.45) is 0 Å². The Balaban J connectivity index is 1.92. The summed E-state index contributed by atoms with van der Waals surface area (Å²) in [6.45, 7) is 7.63. The van der Waals surface area contributed by atoms with Gasteiger partial charge in [-0.2, -0.15) is 0 Å². The Bertz CT molecular complexity index is 454. The quantitative estimate of drug-likeness (QED) is 0.834. The van der Waals surface area contributed by atoms with Gasteiger partial charge < -0.3 is 9.73 Å². The highest BCUT2D eigenvalue weighted by atomic mass is 32.1. The van der Waals surface area contributed by atoms with Gasteiger partial charge in [-0.3, -0.25) is 4.90 Å². The number of nitrogens with zero attached hydrogens (tertiary/aromatic N) is 3. The summed E-state index contributed by atoms with van der Waals surface area (Å²) < 4.78 is 5.36. The van der Waals surface area contributed by atoms with E-state index in [1.165, 1.54) is 0 Å². The van der Waals surface area contributed by atoms with Gasteiger partial charge in [0.05, 0.1) is 19.4 Å². The predicted octanol–water partition coefficient (Wildman–Crippen LogP) is 2.59. The third-order valence-corrected chi connectivity index (χ3v) is 3.43. The number of anilines is 1. The molecule has 0 radical (unpaired) electrons. The van der Waals surface area contributed by atoms with E-state index in [4.69, 9.17) is 4.42 Å². The fourth-order valence-electron chi connectivity index (χ4n) is 1.63. The summed E-state index contributed by atoms with van der Waals surface area (Å²) in [4.78, 5) is 2.27. The molecule has 98 valence electrons. The second kappa shape index (κ2) is 6.51. The molecule has 2 aromatic heterocycles. The third kappa shape index (κ3) is 3.54. The van der Waals surface area contributed by atoms with E-state index >= 15 is 0 Å². The maximum Gasteiger partial charge on any atom is 0.205 e. The van der Waals surface area contributed by atoms with Crippen molar-refractivity contribution in [2.75, 3.05) is 18.4 Å². The highest BCUT2D eigenvalue weighted by Gasteiger charge is 2.10. The van der Waals surface area contributed by atoms with E-state index in [1.807, 2.05) is 12.1 Å². The van der Waals surface area contributed by atoms with E-state index in [0.717, 1.165) is 42.1 Å². The average Bonchev–Trinajstić information content (AvgIpc) is 3.01. The van der Waals surface area contributed by atoms with Gasteiger partial charge in [0.1, 0.15) is 10.8 Å². The molecule has 0 saturated carbocycles. The van der Waals surface area contributed by atoms with E-state index < -0.39 is 0 Å². The summed E-state index contributed by atoms with van der Waals surface area (Å²) in [5.41, 5.74) is 0. The Morgan fingerprint density at radius 3 is 2.89 bits per heavy atom. The molecule has 0 aliphatic heterocycles. The molecule has 1 N–H and O–H groups in total. The van der Waals surface area contributed by atoms with Crippen LogP contribution in [0.4, 0.5) is 5.13 Å². The molecule has 0 atom stereocenters. The fourth-order valence-corrected chi connectivity index (χ4v) is 2.48. The summed E-state index contributed by atoms with van der Waals surface area (Å²) in [5.74, 6) is 0.980. The fraction of sp³-hybridized carbons (Fsp3) is 0.500. The van der Waals surface area contributed by atoms with Crippen LogP contribution in [0.3, 0.4) is 0 Å². The van der Waals surface area contributed by atoms with Gasteiger partial charge in [0.25, 0.3) is 0 Å². The lowest BCUT2D eigenvalue weighted by Gasteiger charge is -2.16. The van der Waals surface area contributed by atoms with Crippen molar-refractivity contribution in [1.29, 1.82) is 0 Å². The summed E-state index contributed by atoms with van der Waals surface area (Å²) in [5, 5.41) is 13.4. The van der Waals surface area contributed by atoms with Crippen molar-refractivity contribution in [2.45, 2.75) is 26.9 Å². The van der Waals surface area contributed by atoms with Crippen LogP contribution >= 0.6 is 11.3 Å². The number of rotatable bonds is 7.